The zero-order valence-electron chi connectivity index (χ0n) is 12.4. The number of ether oxygens (including phenoxy) is 2. The number of esters is 1. The Hall–Kier alpha value is -1.61. The van der Waals surface area contributed by atoms with Crippen LogP contribution in [0.15, 0.2) is 36.4 Å². The molecule has 2 rings (SSSR count). The van der Waals surface area contributed by atoms with E-state index in [0.29, 0.717) is 12.2 Å². The van der Waals surface area contributed by atoms with Crippen LogP contribution in [0.2, 0.25) is 0 Å². The third-order valence-corrected chi connectivity index (χ3v) is 3.64. The zero-order chi connectivity index (χ0) is 14.8. The van der Waals surface area contributed by atoms with E-state index in [9.17, 15) is 4.79 Å². The Kier molecular flexibility index (Phi) is 4.29. The minimum Gasteiger partial charge on any atom is -0.460 e. The summed E-state index contributed by atoms with van der Waals surface area (Å²) in [5.41, 5.74) is 3.09. The van der Waals surface area contributed by atoms with Crippen molar-refractivity contribution in [2.45, 2.75) is 33.3 Å². The summed E-state index contributed by atoms with van der Waals surface area (Å²) >= 11 is 0. The Labute approximate surface area is 120 Å². The molecular formula is C17H22O3. The second-order valence-corrected chi connectivity index (χ2v) is 6.03. The van der Waals surface area contributed by atoms with Gasteiger partial charge in [-0.25, -0.2) is 4.79 Å². The van der Waals surface area contributed by atoms with E-state index < -0.39 is 0 Å². The molecule has 1 aliphatic carbocycles. The summed E-state index contributed by atoms with van der Waals surface area (Å²) in [5, 5.41) is 0. The number of hydrogen-bond donors (Lipinski definition) is 0. The summed E-state index contributed by atoms with van der Waals surface area (Å²) in [5.74, 6) is -0.361. The monoisotopic (exact) mass is 274 g/mol. The molecule has 0 heterocycles. The molecular weight excluding hydrogens is 252 g/mol. The highest BCUT2D eigenvalue weighted by molar-refractivity contribution is 5.86. The quantitative estimate of drug-likeness (QED) is 0.469. The van der Waals surface area contributed by atoms with E-state index in [2.05, 4.69) is 38.6 Å². The van der Waals surface area contributed by atoms with Crippen LogP contribution in [-0.4, -0.2) is 19.2 Å². The summed E-state index contributed by atoms with van der Waals surface area (Å²) in [6.45, 7) is 10.3. The Bertz CT molecular complexity index is 517. The Morgan fingerprint density at radius 3 is 2.75 bits per heavy atom. The lowest BCUT2D eigenvalue weighted by atomic mass is 9.87. The first-order chi connectivity index (χ1) is 9.42. The van der Waals surface area contributed by atoms with Gasteiger partial charge in [-0.05, 0) is 29.9 Å². The van der Waals surface area contributed by atoms with E-state index in [-0.39, 0.29) is 24.1 Å². The molecule has 0 saturated carbocycles. The molecule has 0 radical (unpaired) electrons. The molecule has 0 spiro atoms. The highest BCUT2D eigenvalue weighted by Gasteiger charge is 2.39. The van der Waals surface area contributed by atoms with Crippen molar-refractivity contribution in [2.24, 2.45) is 5.41 Å². The summed E-state index contributed by atoms with van der Waals surface area (Å²) in [6, 6.07) is 8.37. The lowest BCUT2D eigenvalue weighted by Gasteiger charge is -2.27. The van der Waals surface area contributed by atoms with Gasteiger partial charge in [0.15, 0.2) is 0 Å². The van der Waals surface area contributed by atoms with Crippen LogP contribution in [0.5, 0.6) is 0 Å². The first kappa shape index (κ1) is 14.8. The Balaban J connectivity index is 1.92. The van der Waals surface area contributed by atoms with Crippen molar-refractivity contribution >= 4 is 5.97 Å². The second kappa shape index (κ2) is 5.80. The first-order valence-electron chi connectivity index (χ1n) is 6.94. The van der Waals surface area contributed by atoms with Crippen LogP contribution in [0.1, 0.15) is 38.0 Å². The summed E-state index contributed by atoms with van der Waals surface area (Å²) in [7, 11) is 0. The van der Waals surface area contributed by atoms with Crippen LogP contribution in [-0.2, 0) is 20.7 Å². The van der Waals surface area contributed by atoms with E-state index in [4.69, 9.17) is 9.47 Å². The highest BCUT2D eigenvalue weighted by Crippen LogP contribution is 2.47. The van der Waals surface area contributed by atoms with Crippen molar-refractivity contribution < 1.29 is 14.3 Å². The van der Waals surface area contributed by atoms with Crippen molar-refractivity contribution in [2.75, 3.05) is 13.2 Å². The maximum atomic E-state index is 11.3. The van der Waals surface area contributed by atoms with E-state index in [1.165, 1.54) is 11.1 Å². The summed E-state index contributed by atoms with van der Waals surface area (Å²) < 4.78 is 11.0. The van der Waals surface area contributed by atoms with Crippen LogP contribution >= 0.6 is 0 Å². The third kappa shape index (κ3) is 3.10. The van der Waals surface area contributed by atoms with Gasteiger partial charge < -0.3 is 9.47 Å². The predicted octanol–water partition coefficient (Wildman–Crippen LogP) is 3.45. The first-order valence-corrected chi connectivity index (χ1v) is 6.94. The van der Waals surface area contributed by atoms with Crippen molar-refractivity contribution in [3.63, 3.8) is 0 Å². The molecule has 0 saturated heterocycles. The van der Waals surface area contributed by atoms with Gasteiger partial charge in [-0.2, -0.15) is 0 Å². The average Bonchev–Trinajstić information content (AvgIpc) is 2.64. The largest absolute Gasteiger partial charge is 0.460 e. The van der Waals surface area contributed by atoms with E-state index in [1.807, 2.05) is 6.07 Å². The van der Waals surface area contributed by atoms with Crippen molar-refractivity contribution in [3.8, 4) is 0 Å². The molecule has 1 aliphatic rings. The number of benzene rings is 1. The average molecular weight is 274 g/mol. The van der Waals surface area contributed by atoms with Gasteiger partial charge in [-0.1, -0.05) is 44.7 Å². The zero-order valence-corrected chi connectivity index (χ0v) is 12.4. The lowest BCUT2D eigenvalue weighted by molar-refractivity contribution is -0.142. The van der Waals surface area contributed by atoms with E-state index in [1.54, 1.807) is 6.92 Å². The van der Waals surface area contributed by atoms with Gasteiger partial charge in [0, 0.05) is 5.57 Å². The van der Waals surface area contributed by atoms with Crippen LogP contribution in [0, 0.1) is 5.41 Å². The minimum atomic E-state index is -0.361. The number of fused-ring (bicyclic) bond motifs is 1. The molecule has 0 aliphatic heterocycles. The smallest absolute Gasteiger partial charge is 0.333 e. The van der Waals surface area contributed by atoms with Crippen LogP contribution < -0.4 is 0 Å². The predicted molar refractivity (Wildman–Crippen MR) is 78.4 cm³/mol. The summed E-state index contributed by atoms with van der Waals surface area (Å²) in [6.07, 6.45) is 1.07. The standard InChI is InChI=1S/C17H22O3/c1-12(2)16(18)20-10-9-19-15-14-8-6-5-7-13(14)11-17(15,3)4/h5-8,15H,1,9-11H2,2-4H3. The SMILES string of the molecule is C=C(C)C(=O)OCCOC1c2ccccc2CC1(C)C. The number of hydrogen-bond acceptors (Lipinski definition) is 3. The van der Waals surface area contributed by atoms with Crippen molar-refractivity contribution in [1.82, 2.24) is 0 Å². The molecule has 1 aromatic carbocycles. The lowest BCUT2D eigenvalue weighted by Crippen LogP contribution is -2.22. The molecule has 1 atom stereocenters. The van der Waals surface area contributed by atoms with Crippen LogP contribution in [0.4, 0.5) is 0 Å². The van der Waals surface area contributed by atoms with Gasteiger partial charge in [0.2, 0.25) is 0 Å². The molecule has 3 nitrogen and oxygen atoms in total. The fraction of sp³-hybridized carbons (Fsp3) is 0.471. The molecule has 0 N–H and O–H groups in total. The van der Waals surface area contributed by atoms with Gasteiger partial charge in [-0.15, -0.1) is 0 Å². The molecule has 3 heteroatoms. The third-order valence-electron chi connectivity index (χ3n) is 3.64. The second-order valence-electron chi connectivity index (χ2n) is 6.03. The molecule has 0 amide bonds. The molecule has 108 valence electrons. The van der Waals surface area contributed by atoms with Gasteiger partial charge in [0.05, 0.1) is 12.7 Å². The molecule has 0 bridgehead atoms. The van der Waals surface area contributed by atoms with Crippen molar-refractivity contribution in [1.29, 1.82) is 0 Å². The van der Waals surface area contributed by atoms with Crippen molar-refractivity contribution in [3.05, 3.63) is 47.5 Å². The van der Waals surface area contributed by atoms with E-state index >= 15 is 0 Å². The molecule has 1 aromatic rings. The van der Waals surface area contributed by atoms with Crippen LogP contribution in [0.3, 0.4) is 0 Å². The minimum absolute atomic E-state index is 0.0576. The number of carbonyl (C=O) groups excluding carboxylic acids is 1. The van der Waals surface area contributed by atoms with Gasteiger partial charge >= 0.3 is 5.97 Å². The molecule has 0 aromatic heterocycles. The Morgan fingerprint density at radius 1 is 1.35 bits per heavy atom. The molecule has 20 heavy (non-hydrogen) atoms. The Morgan fingerprint density at radius 2 is 2.05 bits per heavy atom. The maximum absolute atomic E-state index is 11.3. The number of rotatable bonds is 5. The topological polar surface area (TPSA) is 35.5 Å². The fourth-order valence-electron chi connectivity index (χ4n) is 2.69. The maximum Gasteiger partial charge on any atom is 0.333 e. The normalized spacial score (nSPS) is 19.4. The highest BCUT2D eigenvalue weighted by atomic mass is 16.6. The van der Waals surface area contributed by atoms with Crippen LogP contribution in [0.25, 0.3) is 0 Å². The van der Waals surface area contributed by atoms with E-state index in [0.717, 1.165) is 6.42 Å². The van der Waals surface area contributed by atoms with Gasteiger partial charge in [-0.3, -0.25) is 0 Å². The number of carbonyl (C=O) groups is 1. The summed E-state index contributed by atoms with van der Waals surface area (Å²) in [4.78, 5) is 11.3. The van der Waals surface area contributed by atoms with Gasteiger partial charge in [0.1, 0.15) is 6.61 Å². The molecule has 0 fully saturated rings. The molecule has 1 unspecified atom stereocenters. The fourth-order valence-corrected chi connectivity index (χ4v) is 2.69. The van der Waals surface area contributed by atoms with Gasteiger partial charge in [0.25, 0.3) is 0 Å².